The Morgan fingerprint density at radius 3 is 2.33 bits per heavy atom. The molecule has 0 fully saturated rings. The van der Waals surface area contributed by atoms with Crippen LogP contribution in [0.15, 0.2) is 5.10 Å². The molecule has 0 N–H and O–H groups in total. The van der Waals surface area contributed by atoms with Crippen LogP contribution in [0.2, 0.25) is 0 Å². The smallest absolute Gasteiger partial charge is 0.124 e. The molecule has 1 unspecified atom stereocenters. The van der Waals surface area contributed by atoms with Crippen molar-refractivity contribution in [2.75, 3.05) is 6.54 Å². The van der Waals surface area contributed by atoms with E-state index < -0.39 is 0 Å². The second kappa shape index (κ2) is 4.42. The summed E-state index contributed by atoms with van der Waals surface area (Å²) >= 11 is 0. The Hall–Kier alpha value is -0.730. The van der Waals surface area contributed by atoms with Gasteiger partial charge in [-0.25, -0.2) is 0 Å². The van der Waals surface area contributed by atoms with Crippen LogP contribution in [-0.4, -0.2) is 35.0 Å². The van der Waals surface area contributed by atoms with Gasteiger partial charge in [-0.15, -0.1) is 0 Å². The molecule has 0 saturated heterocycles. The Bertz CT molecular complexity index is 228. The Kier molecular flexibility index (Phi) is 3.63. The van der Waals surface area contributed by atoms with Gasteiger partial charge in [0.1, 0.15) is 12.5 Å². The van der Waals surface area contributed by atoms with E-state index in [4.69, 9.17) is 0 Å². The average Bonchev–Trinajstić information content (AvgIpc) is 2.47. The molecule has 3 heteroatoms. The van der Waals surface area contributed by atoms with Crippen molar-refractivity contribution in [1.82, 2.24) is 9.91 Å². The zero-order chi connectivity index (χ0) is 11.6. The molecule has 0 radical (unpaired) electrons. The fourth-order valence-electron chi connectivity index (χ4n) is 2.13. The van der Waals surface area contributed by atoms with E-state index in [-0.39, 0.29) is 5.41 Å². The fraction of sp³-hybridized carbons (Fsp3) is 0.917. The molecule has 0 aromatic carbocycles. The van der Waals surface area contributed by atoms with Crippen LogP contribution in [0.5, 0.6) is 0 Å². The van der Waals surface area contributed by atoms with E-state index in [9.17, 15) is 0 Å². The Morgan fingerprint density at radius 2 is 1.93 bits per heavy atom. The van der Waals surface area contributed by atoms with Crippen molar-refractivity contribution >= 4 is 6.34 Å². The molecule has 1 rings (SSSR count). The normalized spacial score (nSPS) is 21.9. The summed E-state index contributed by atoms with van der Waals surface area (Å²) in [6.45, 7) is 14.5. The van der Waals surface area contributed by atoms with Crippen molar-refractivity contribution in [3.8, 4) is 0 Å². The maximum Gasteiger partial charge on any atom is 0.124 e. The molecular formula is C12H25N3. The van der Waals surface area contributed by atoms with E-state index in [0.717, 1.165) is 13.0 Å². The zero-order valence-electron chi connectivity index (χ0n) is 11.0. The predicted octanol–water partition coefficient (Wildman–Crippen LogP) is 2.74. The van der Waals surface area contributed by atoms with Gasteiger partial charge in [-0.2, -0.15) is 5.10 Å². The quantitative estimate of drug-likeness (QED) is 0.715. The third-order valence-corrected chi connectivity index (χ3v) is 2.72. The summed E-state index contributed by atoms with van der Waals surface area (Å²) in [5.74, 6) is 0. The second-order valence-corrected chi connectivity index (χ2v) is 5.67. The first-order valence-corrected chi connectivity index (χ1v) is 5.96. The van der Waals surface area contributed by atoms with E-state index in [1.54, 1.807) is 0 Å². The highest BCUT2D eigenvalue weighted by atomic mass is 15.6. The first kappa shape index (κ1) is 12.3. The molecule has 3 nitrogen and oxygen atoms in total. The number of rotatable bonds is 3. The van der Waals surface area contributed by atoms with Crippen LogP contribution in [0.25, 0.3) is 0 Å². The third kappa shape index (κ3) is 2.64. The monoisotopic (exact) mass is 211 g/mol. The maximum atomic E-state index is 4.51. The molecule has 1 atom stereocenters. The molecule has 0 saturated carbocycles. The van der Waals surface area contributed by atoms with Crippen molar-refractivity contribution in [2.24, 2.45) is 10.5 Å². The molecule has 0 spiro atoms. The molecule has 1 aliphatic rings. The lowest BCUT2D eigenvalue weighted by Crippen LogP contribution is -2.51. The van der Waals surface area contributed by atoms with Gasteiger partial charge in [0.25, 0.3) is 0 Å². The van der Waals surface area contributed by atoms with Gasteiger partial charge < -0.3 is 4.90 Å². The van der Waals surface area contributed by atoms with Crippen molar-refractivity contribution in [3.63, 3.8) is 0 Å². The minimum absolute atomic E-state index is 0.232. The second-order valence-electron chi connectivity index (χ2n) is 5.67. The molecule has 15 heavy (non-hydrogen) atoms. The predicted molar refractivity (Wildman–Crippen MR) is 65.7 cm³/mol. The summed E-state index contributed by atoms with van der Waals surface area (Å²) in [6, 6.07) is 0.514. The van der Waals surface area contributed by atoms with Crippen LogP contribution >= 0.6 is 0 Å². The SMILES string of the molecule is CCCN1N=CN(C(C)C)C1C(C)(C)C. The van der Waals surface area contributed by atoms with Gasteiger partial charge in [0.2, 0.25) is 0 Å². The van der Waals surface area contributed by atoms with Gasteiger partial charge in [-0.05, 0) is 20.3 Å². The van der Waals surface area contributed by atoms with Crippen molar-refractivity contribution < 1.29 is 0 Å². The van der Waals surface area contributed by atoms with Crippen molar-refractivity contribution in [3.05, 3.63) is 0 Å². The standard InChI is InChI=1S/C12H25N3/c1-7-8-15-11(12(4,5)6)14(9-13-15)10(2)3/h9-11H,7-8H2,1-6H3. The van der Waals surface area contributed by atoms with Crippen LogP contribution in [0, 0.1) is 5.41 Å². The van der Waals surface area contributed by atoms with Crippen LogP contribution in [0.3, 0.4) is 0 Å². The molecular weight excluding hydrogens is 186 g/mol. The molecule has 0 aromatic rings. The largest absolute Gasteiger partial charge is 0.336 e. The summed E-state index contributed by atoms with van der Waals surface area (Å²) in [6.07, 6.45) is 3.55. The van der Waals surface area contributed by atoms with E-state index in [0.29, 0.717) is 12.2 Å². The van der Waals surface area contributed by atoms with Gasteiger partial charge in [0, 0.05) is 18.0 Å². The molecule has 1 heterocycles. The lowest BCUT2D eigenvalue weighted by atomic mass is 9.90. The van der Waals surface area contributed by atoms with Crippen LogP contribution in [0.1, 0.15) is 48.0 Å². The first-order valence-electron chi connectivity index (χ1n) is 5.96. The molecule has 0 bridgehead atoms. The Labute approximate surface area is 94.1 Å². The summed E-state index contributed by atoms with van der Waals surface area (Å²) < 4.78 is 0. The van der Waals surface area contributed by atoms with E-state index in [1.165, 1.54) is 0 Å². The molecule has 0 aliphatic carbocycles. The number of hydrazone groups is 1. The van der Waals surface area contributed by atoms with Crippen molar-refractivity contribution in [2.45, 2.75) is 60.2 Å². The van der Waals surface area contributed by atoms with Crippen molar-refractivity contribution in [1.29, 1.82) is 0 Å². The molecule has 0 amide bonds. The lowest BCUT2D eigenvalue weighted by Gasteiger charge is -2.41. The highest BCUT2D eigenvalue weighted by Gasteiger charge is 2.38. The van der Waals surface area contributed by atoms with E-state index >= 15 is 0 Å². The van der Waals surface area contributed by atoms with Crippen LogP contribution in [0.4, 0.5) is 0 Å². The Morgan fingerprint density at radius 1 is 1.33 bits per heavy atom. The minimum atomic E-state index is 0.232. The topological polar surface area (TPSA) is 18.8 Å². The highest BCUT2D eigenvalue weighted by molar-refractivity contribution is 5.57. The van der Waals surface area contributed by atoms with Gasteiger partial charge in [-0.1, -0.05) is 27.7 Å². The van der Waals surface area contributed by atoms with Crippen LogP contribution < -0.4 is 0 Å². The zero-order valence-corrected chi connectivity index (χ0v) is 11.0. The minimum Gasteiger partial charge on any atom is -0.336 e. The summed E-state index contributed by atoms with van der Waals surface area (Å²) in [5, 5.41) is 6.73. The van der Waals surface area contributed by atoms with E-state index in [1.807, 2.05) is 6.34 Å². The number of hydrogen-bond acceptors (Lipinski definition) is 3. The first-order chi connectivity index (χ1) is 6.88. The maximum absolute atomic E-state index is 4.51. The third-order valence-electron chi connectivity index (χ3n) is 2.72. The van der Waals surface area contributed by atoms with Gasteiger partial charge in [0.15, 0.2) is 0 Å². The fourth-order valence-corrected chi connectivity index (χ4v) is 2.13. The number of nitrogens with zero attached hydrogens (tertiary/aromatic N) is 3. The molecule has 88 valence electrons. The summed E-state index contributed by atoms with van der Waals surface area (Å²) in [7, 11) is 0. The highest BCUT2D eigenvalue weighted by Crippen LogP contribution is 2.31. The number of hydrogen-bond donors (Lipinski definition) is 0. The summed E-state index contributed by atoms with van der Waals surface area (Å²) in [5.41, 5.74) is 0.232. The van der Waals surface area contributed by atoms with Gasteiger partial charge in [-0.3, -0.25) is 5.01 Å². The molecule has 0 aromatic heterocycles. The summed E-state index contributed by atoms with van der Waals surface area (Å²) in [4.78, 5) is 2.36. The molecule has 1 aliphatic heterocycles. The van der Waals surface area contributed by atoms with Gasteiger partial charge in [0.05, 0.1) is 0 Å². The lowest BCUT2D eigenvalue weighted by molar-refractivity contribution is 0.0237. The average molecular weight is 211 g/mol. The van der Waals surface area contributed by atoms with Crippen LogP contribution in [-0.2, 0) is 0 Å². The van der Waals surface area contributed by atoms with Gasteiger partial charge >= 0.3 is 0 Å². The van der Waals surface area contributed by atoms with E-state index in [2.05, 4.69) is 56.6 Å². The Balaban J connectivity index is 2.82.